The number of guanidine groups is 2. The first-order valence-electron chi connectivity index (χ1n) is 8.16. The summed E-state index contributed by atoms with van der Waals surface area (Å²) in [7, 11) is 0. The maximum Gasteiger partial charge on any atom is 0.190 e. The molecule has 136 valence electrons. The zero-order valence-electron chi connectivity index (χ0n) is 14.5. The van der Waals surface area contributed by atoms with Crippen molar-refractivity contribution >= 4 is 45.5 Å². The third kappa shape index (κ3) is 4.96. The first kappa shape index (κ1) is 18.2. The van der Waals surface area contributed by atoms with Crippen molar-refractivity contribution in [3.8, 4) is 10.4 Å². The van der Waals surface area contributed by atoms with Crippen molar-refractivity contribution in [2.75, 3.05) is 0 Å². The Bertz CT molecular complexity index is 1050. The highest BCUT2D eigenvalue weighted by atomic mass is 32.1. The van der Waals surface area contributed by atoms with Gasteiger partial charge in [0.15, 0.2) is 11.9 Å². The zero-order valence-corrected chi connectivity index (χ0v) is 15.4. The number of benzene rings is 2. The van der Waals surface area contributed by atoms with Crippen molar-refractivity contribution in [2.45, 2.75) is 0 Å². The summed E-state index contributed by atoms with van der Waals surface area (Å²) in [5.41, 5.74) is 24.5. The molecule has 1 aromatic heterocycles. The zero-order chi connectivity index (χ0) is 19.2. The minimum atomic E-state index is 0.0423. The summed E-state index contributed by atoms with van der Waals surface area (Å²) in [4.78, 5) is 8.90. The molecular weight excluding hydrogens is 356 g/mol. The van der Waals surface area contributed by atoms with Gasteiger partial charge in [-0.2, -0.15) is 0 Å². The molecule has 0 amide bonds. The summed E-state index contributed by atoms with van der Waals surface area (Å²) in [6, 6.07) is 16.7. The van der Waals surface area contributed by atoms with Crippen molar-refractivity contribution in [3.63, 3.8) is 0 Å². The Morgan fingerprint density at radius 1 is 0.741 bits per heavy atom. The number of hydrogen-bond acceptors (Lipinski definition) is 3. The molecule has 0 spiro atoms. The first-order valence-corrected chi connectivity index (χ1v) is 8.97. The highest BCUT2D eigenvalue weighted by Gasteiger charge is 2.04. The van der Waals surface area contributed by atoms with Crippen LogP contribution >= 0.6 is 11.3 Å². The lowest BCUT2D eigenvalue weighted by atomic mass is 10.1. The van der Waals surface area contributed by atoms with Crippen LogP contribution in [0.5, 0.6) is 0 Å². The largest absolute Gasteiger partial charge is 0.370 e. The van der Waals surface area contributed by atoms with E-state index in [1.807, 2.05) is 30.4 Å². The molecule has 6 nitrogen and oxygen atoms in total. The molecular formula is C20H20N6S. The van der Waals surface area contributed by atoms with Gasteiger partial charge in [-0.25, -0.2) is 9.98 Å². The smallest absolute Gasteiger partial charge is 0.190 e. The fourth-order valence-corrected chi connectivity index (χ4v) is 3.59. The van der Waals surface area contributed by atoms with Crippen LogP contribution in [-0.2, 0) is 0 Å². The maximum absolute atomic E-state index is 5.32. The molecule has 0 aliphatic carbocycles. The van der Waals surface area contributed by atoms with Gasteiger partial charge >= 0.3 is 0 Å². The van der Waals surface area contributed by atoms with Gasteiger partial charge < -0.3 is 22.9 Å². The molecule has 0 aliphatic heterocycles. The highest BCUT2D eigenvalue weighted by molar-refractivity contribution is 7.22. The minimum absolute atomic E-state index is 0.0423. The van der Waals surface area contributed by atoms with Crippen molar-refractivity contribution in [1.29, 1.82) is 0 Å². The Labute approximate surface area is 161 Å². The number of nitrogens with zero attached hydrogens (tertiary/aromatic N) is 2. The van der Waals surface area contributed by atoms with Gasteiger partial charge in [0, 0.05) is 22.0 Å². The van der Waals surface area contributed by atoms with Crippen LogP contribution in [0.15, 0.2) is 70.9 Å². The second-order valence-corrected chi connectivity index (χ2v) is 6.85. The van der Waals surface area contributed by atoms with Crippen molar-refractivity contribution in [1.82, 2.24) is 0 Å². The second kappa shape index (κ2) is 8.20. The van der Waals surface area contributed by atoms with Gasteiger partial charge in [-0.3, -0.25) is 0 Å². The Morgan fingerprint density at radius 2 is 1.33 bits per heavy atom. The SMILES string of the molecule is NC(N)=N/C=C/c1ccc(-c2cc3ccc(/C=C/N=C(N)N)cc3s2)cc1. The lowest BCUT2D eigenvalue weighted by Crippen LogP contribution is -2.21. The summed E-state index contributed by atoms with van der Waals surface area (Å²) >= 11 is 1.74. The first-order chi connectivity index (χ1) is 13.0. The molecule has 8 N–H and O–H groups in total. The quantitative estimate of drug-likeness (QED) is 0.403. The molecule has 0 bridgehead atoms. The normalized spacial score (nSPS) is 11.3. The van der Waals surface area contributed by atoms with Crippen LogP contribution in [-0.4, -0.2) is 11.9 Å². The fourth-order valence-electron chi connectivity index (χ4n) is 2.47. The van der Waals surface area contributed by atoms with Crippen LogP contribution in [0.4, 0.5) is 0 Å². The number of thiophene rings is 1. The molecule has 0 fully saturated rings. The molecule has 0 radical (unpaired) electrons. The maximum atomic E-state index is 5.32. The number of aliphatic imine (C=N–C) groups is 2. The van der Waals surface area contributed by atoms with E-state index in [1.165, 1.54) is 15.0 Å². The van der Waals surface area contributed by atoms with Gasteiger partial charge in [0.25, 0.3) is 0 Å². The van der Waals surface area contributed by atoms with Crippen LogP contribution in [0.2, 0.25) is 0 Å². The van der Waals surface area contributed by atoms with Gasteiger partial charge in [-0.05, 0) is 46.4 Å². The average Bonchev–Trinajstić information content (AvgIpc) is 3.05. The molecule has 7 heteroatoms. The standard InChI is InChI=1S/C20H20N6S/c21-19(22)25-9-7-13-1-4-15(5-2-13)18-12-16-6-3-14(11-17(16)27-18)8-10-26-20(23)24/h1-12H,(H4,21,22,25)(H4,23,24,26)/b9-7+,10-8+. The van der Waals surface area contributed by atoms with E-state index in [-0.39, 0.29) is 11.9 Å². The topological polar surface area (TPSA) is 129 Å². The van der Waals surface area contributed by atoms with Crippen LogP contribution in [0.25, 0.3) is 32.7 Å². The predicted octanol–water partition coefficient (Wildman–Crippen LogP) is 3.06. The van der Waals surface area contributed by atoms with Crippen molar-refractivity contribution in [3.05, 3.63) is 72.1 Å². The summed E-state index contributed by atoms with van der Waals surface area (Å²) in [5, 5.41) is 1.20. The van der Waals surface area contributed by atoms with Gasteiger partial charge in [0.2, 0.25) is 0 Å². The third-order valence-corrected chi connectivity index (χ3v) is 4.87. The summed E-state index contributed by atoms with van der Waals surface area (Å²) in [5.74, 6) is 0.0861. The van der Waals surface area contributed by atoms with Crippen LogP contribution < -0.4 is 22.9 Å². The summed E-state index contributed by atoms with van der Waals surface area (Å²) in [6.45, 7) is 0. The molecule has 1 heterocycles. The van der Waals surface area contributed by atoms with Crippen molar-refractivity contribution in [2.24, 2.45) is 32.9 Å². The van der Waals surface area contributed by atoms with Crippen LogP contribution in [0.3, 0.4) is 0 Å². The predicted molar refractivity (Wildman–Crippen MR) is 117 cm³/mol. The number of fused-ring (bicyclic) bond motifs is 1. The highest BCUT2D eigenvalue weighted by Crippen LogP contribution is 2.34. The van der Waals surface area contributed by atoms with E-state index < -0.39 is 0 Å². The van der Waals surface area contributed by atoms with E-state index in [0.29, 0.717) is 0 Å². The van der Waals surface area contributed by atoms with E-state index in [0.717, 1.165) is 16.7 Å². The van der Waals surface area contributed by atoms with Gasteiger partial charge in [-0.15, -0.1) is 11.3 Å². The lowest BCUT2D eigenvalue weighted by Gasteiger charge is -1.98. The average molecular weight is 376 g/mol. The minimum Gasteiger partial charge on any atom is -0.370 e. The molecule has 0 atom stereocenters. The van der Waals surface area contributed by atoms with E-state index >= 15 is 0 Å². The summed E-state index contributed by atoms with van der Waals surface area (Å²) < 4.78 is 1.20. The van der Waals surface area contributed by atoms with Gasteiger partial charge in [-0.1, -0.05) is 36.4 Å². The molecule has 3 aromatic rings. The monoisotopic (exact) mass is 376 g/mol. The third-order valence-electron chi connectivity index (χ3n) is 3.72. The lowest BCUT2D eigenvalue weighted by molar-refractivity contribution is 1.44. The molecule has 0 unspecified atom stereocenters. The van der Waals surface area contributed by atoms with E-state index in [1.54, 1.807) is 23.7 Å². The summed E-state index contributed by atoms with van der Waals surface area (Å²) in [6.07, 6.45) is 6.90. The molecule has 2 aromatic carbocycles. The van der Waals surface area contributed by atoms with E-state index in [2.05, 4.69) is 40.3 Å². The molecule has 0 aliphatic rings. The Balaban J connectivity index is 1.82. The molecule has 0 saturated carbocycles. The Kier molecular flexibility index (Phi) is 5.53. The van der Waals surface area contributed by atoms with Crippen LogP contribution in [0.1, 0.15) is 11.1 Å². The van der Waals surface area contributed by atoms with Gasteiger partial charge in [0.05, 0.1) is 0 Å². The van der Waals surface area contributed by atoms with E-state index in [9.17, 15) is 0 Å². The fraction of sp³-hybridized carbons (Fsp3) is 0. The Hall–Kier alpha value is -3.58. The molecule has 3 rings (SSSR count). The number of nitrogens with two attached hydrogens (primary N) is 4. The Morgan fingerprint density at radius 3 is 1.96 bits per heavy atom. The van der Waals surface area contributed by atoms with E-state index in [4.69, 9.17) is 22.9 Å². The van der Waals surface area contributed by atoms with Gasteiger partial charge in [0.1, 0.15) is 0 Å². The van der Waals surface area contributed by atoms with Crippen molar-refractivity contribution < 1.29 is 0 Å². The number of hydrogen-bond donors (Lipinski definition) is 4. The molecule has 0 saturated heterocycles. The number of rotatable bonds is 5. The molecule has 27 heavy (non-hydrogen) atoms. The second-order valence-electron chi connectivity index (χ2n) is 5.77. The van der Waals surface area contributed by atoms with Crippen LogP contribution in [0, 0.1) is 0 Å².